The molecule has 182 valence electrons. The second-order valence-electron chi connectivity index (χ2n) is 9.14. The third kappa shape index (κ3) is 4.85. The first kappa shape index (κ1) is 24.3. The Kier molecular flexibility index (Phi) is 7.06. The molecule has 0 spiro atoms. The van der Waals surface area contributed by atoms with Crippen molar-refractivity contribution in [3.63, 3.8) is 0 Å². The summed E-state index contributed by atoms with van der Waals surface area (Å²) in [6.45, 7) is 7.23. The van der Waals surface area contributed by atoms with Crippen molar-refractivity contribution in [3.8, 4) is 11.8 Å². The van der Waals surface area contributed by atoms with Gasteiger partial charge in [-0.3, -0.25) is 9.59 Å². The highest BCUT2D eigenvalue weighted by atomic mass is 16.5. The molecule has 2 aromatic heterocycles. The Morgan fingerprint density at radius 1 is 1.11 bits per heavy atom. The fourth-order valence-electron chi connectivity index (χ4n) is 4.97. The first-order valence-electron chi connectivity index (χ1n) is 12.0. The van der Waals surface area contributed by atoms with Crippen LogP contribution >= 0.6 is 0 Å². The van der Waals surface area contributed by atoms with Crippen molar-refractivity contribution in [3.05, 3.63) is 64.1 Å². The Morgan fingerprint density at radius 2 is 1.80 bits per heavy atom. The number of rotatable bonds is 7. The lowest BCUT2D eigenvalue weighted by Gasteiger charge is -2.19. The standard InChI is InChI=1S/C27H31N5O3/c1-17-19(3)31(21-10-8-9-11-21)27(24(17)15-28)29-25(33)16-35-26(34)14-23-18(2)30-32(20(23)4)22-12-6-5-7-13-22/h5-7,12-13,21H,8-11,14,16H2,1-4H3,(H,29,33). The molecule has 0 radical (unpaired) electrons. The Hall–Kier alpha value is -3.86. The Labute approximate surface area is 205 Å². The number of hydrogen-bond acceptors (Lipinski definition) is 5. The zero-order chi connectivity index (χ0) is 25.1. The van der Waals surface area contributed by atoms with Gasteiger partial charge in [-0.25, -0.2) is 4.68 Å². The quantitative estimate of drug-likeness (QED) is 0.505. The van der Waals surface area contributed by atoms with Gasteiger partial charge in [-0.1, -0.05) is 31.0 Å². The van der Waals surface area contributed by atoms with Crippen LogP contribution in [-0.2, 0) is 20.7 Å². The predicted molar refractivity (Wildman–Crippen MR) is 132 cm³/mol. The lowest BCUT2D eigenvalue weighted by Crippen LogP contribution is -2.24. The molecule has 8 nitrogen and oxygen atoms in total. The smallest absolute Gasteiger partial charge is 0.310 e. The van der Waals surface area contributed by atoms with Crippen molar-refractivity contribution in [1.29, 1.82) is 5.26 Å². The summed E-state index contributed by atoms with van der Waals surface area (Å²) < 4.78 is 9.18. The molecule has 0 bridgehead atoms. The molecule has 1 N–H and O–H groups in total. The molecule has 0 saturated heterocycles. The van der Waals surface area contributed by atoms with Gasteiger partial charge in [0.05, 0.1) is 23.4 Å². The number of nitrogens with one attached hydrogen (secondary N) is 1. The molecule has 1 aliphatic rings. The minimum Gasteiger partial charge on any atom is -0.455 e. The maximum Gasteiger partial charge on any atom is 0.310 e. The number of nitriles is 1. The first-order valence-corrected chi connectivity index (χ1v) is 12.0. The van der Waals surface area contributed by atoms with Crippen LogP contribution in [0.15, 0.2) is 30.3 Å². The van der Waals surface area contributed by atoms with E-state index < -0.39 is 18.5 Å². The van der Waals surface area contributed by atoms with E-state index >= 15 is 0 Å². The van der Waals surface area contributed by atoms with Gasteiger partial charge in [0.25, 0.3) is 5.91 Å². The van der Waals surface area contributed by atoms with Crippen LogP contribution in [0.4, 0.5) is 5.82 Å². The van der Waals surface area contributed by atoms with Gasteiger partial charge in [0, 0.05) is 23.0 Å². The molecule has 0 aliphatic heterocycles. The van der Waals surface area contributed by atoms with Gasteiger partial charge >= 0.3 is 5.97 Å². The van der Waals surface area contributed by atoms with Gasteiger partial charge < -0.3 is 14.6 Å². The van der Waals surface area contributed by atoms with Crippen LogP contribution in [0.3, 0.4) is 0 Å². The van der Waals surface area contributed by atoms with Gasteiger partial charge in [-0.2, -0.15) is 10.4 Å². The maximum atomic E-state index is 12.7. The third-order valence-corrected chi connectivity index (χ3v) is 6.94. The molecule has 1 aromatic carbocycles. The molecule has 35 heavy (non-hydrogen) atoms. The molecule has 1 aliphatic carbocycles. The fourth-order valence-corrected chi connectivity index (χ4v) is 4.97. The van der Waals surface area contributed by atoms with Crippen molar-refractivity contribution in [2.75, 3.05) is 11.9 Å². The number of hydrogen-bond donors (Lipinski definition) is 1. The van der Waals surface area contributed by atoms with Crippen LogP contribution in [0.1, 0.15) is 65.5 Å². The highest BCUT2D eigenvalue weighted by Gasteiger charge is 2.27. The number of carbonyl (C=O) groups is 2. The number of aromatic nitrogens is 3. The molecule has 1 saturated carbocycles. The van der Waals surface area contributed by atoms with Crippen molar-refractivity contribution >= 4 is 17.7 Å². The predicted octanol–water partition coefficient (Wildman–Crippen LogP) is 4.62. The van der Waals surface area contributed by atoms with Gasteiger partial charge in [-0.05, 0) is 58.2 Å². The van der Waals surface area contributed by atoms with Crippen LogP contribution < -0.4 is 5.32 Å². The topological polar surface area (TPSA) is 102 Å². The molecule has 8 heteroatoms. The lowest BCUT2D eigenvalue weighted by molar-refractivity contribution is -0.146. The van der Waals surface area contributed by atoms with E-state index in [1.807, 2.05) is 58.0 Å². The maximum absolute atomic E-state index is 12.7. The summed E-state index contributed by atoms with van der Waals surface area (Å²) >= 11 is 0. The molecule has 1 amide bonds. The Morgan fingerprint density at radius 3 is 2.46 bits per heavy atom. The summed E-state index contributed by atoms with van der Waals surface area (Å²) in [6.07, 6.45) is 4.33. The minimum absolute atomic E-state index is 0.0257. The highest BCUT2D eigenvalue weighted by molar-refractivity contribution is 5.94. The molecule has 0 unspecified atom stereocenters. The van der Waals surface area contributed by atoms with Gasteiger partial charge in [0.15, 0.2) is 6.61 Å². The van der Waals surface area contributed by atoms with E-state index in [2.05, 4.69) is 21.1 Å². The monoisotopic (exact) mass is 473 g/mol. The van der Waals surface area contributed by atoms with E-state index in [0.717, 1.165) is 59.6 Å². The summed E-state index contributed by atoms with van der Waals surface area (Å²) in [6, 6.07) is 12.2. The second kappa shape index (κ2) is 10.2. The third-order valence-electron chi connectivity index (χ3n) is 6.94. The van der Waals surface area contributed by atoms with E-state index in [1.165, 1.54) is 0 Å². The van der Waals surface area contributed by atoms with E-state index in [9.17, 15) is 14.9 Å². The Balaban J connectivity index is 1.42. The summed E-state index contributed by atoms with van der Waals surface area (Å²) in [4.78, 5) is 25.3. The minimum atomic E-state index is -0.502. The van der Waals surface area contributed by atoms with E-state index in [0.29, 0.717) is 11.4 Å². The molecule has 3 aromatic rings. The van der Waals surface area contributed by atoms with E-state index in [4.69, 9.17) is 4.74 Å². The van der Waals surface area contributed by atoms with Crippen LogP contribution in [0, 0.1) is 39.0 Å². The first-order chi connectivity index (χ1) is 16.8. The molecule has 2 heterocycles. The largest absolute Gasteiger partial charge is 0.455 e. The zero-order valence-corrected chi connectivity index (χ0v) is 20.7. The van der Waals surface area contributed by atoms with Crippen molar-refractivity contribution in [1.82, 2.24) is 14.3 Å². The molecule has 0 atom stereocenters. The molecular weight excluding hydrogens is 442 g/mol. The van der Waals surface area contributed by atoms with Crippen molar-refractivity contribution in [2.24, 2.45) is 0 Å². The van der Waals surface area contributed by atoms with Crippen LogP contribution in [0.2, 0.25) is 0 Å². The number of anilines is 1. The number of ether oxygens (including phenoxy) is 1. The SMILES string of the molecule is Cc1nn(-c2ccccc2)c(C)c1CC(=O)OCC(=O)Nc1c(C#N)c(C)c(C)n1C1CCCC1. The van der Waals surface area contributed by atoms with Crippen LogP contribution in [-0.4, -0.2) is 32.8 Å². The molecular formula is C27H31N5O3. The van der Waals surface area contributed by atoms with Crippen LogP contribution in [0.25, 0.3) is 5.69 Å². The highest BCUT2D eigenvalue weighted by Crippen LogP contribution is 2.37. The van der Waals surface area contributed by atoms with Crippen molar-refractivity contribution < 1.29 is 14.3 Å². The number of carbonyl (C=O) groups excluding carboxylic acids is 2. The number of amides is 1. The number of para-hydroxylation sites is 1. The van der Waals surface area contributed by atoms with E-state index in [1.54, 1.807) is 4.68 Å². The Bertz CT molecular complexity index is 1290. The fraction of sp³-hybridized carbons (Fsp3) is 0.407. The normalized spacial score (nSPS) is 13.6. The summed E-state index contributed by atoms with van der Waals surface area (Å²) in [5.41, 5.74) is 5.62. The molecule has 4 rings (SSSR count). The van der Waals surface area contributed by atoms with Crippen molar-refractivity contribution in [2.45, 2.75) is 65.8 Å². The zero-order valence-electron chi connectivity index (χ0n) is 20.7. The number of aryl methyl sites for hydroxylation is 1. The number of nitrogens with zero attached hydrogens (tertiary/aromatic N) is 4. The van der Waals surface area contributed by atoms with E-state index in [-0.39, 0.29) is 12.5 Å². The van der Waals surface area contributed by atoms with Gasteiger partial charge in [0.2, 0.25) is 0 Å². The summed E-state index contributed by atoms with van der Waals surface area (Å²) in [5, 5.41) is 17.1. The van der Waals surface area contributed by atoms with Gasteiger partial charge in [-0.15, -0.1) is 0 Å². The lowest BCUT2D eigenvalue weighted by atomic mass is 10.1. The molecule has 1 fully saturated rings. The van der Waals surface area contributed by atoms with Gasteiger partial charge in [0.1, 0.15) is 11.9 Å². The van der Waals surface area contributed by atoms with Crippen LogP contribution in [0.5, 0.6) is 0 Å². The summed E-state index contributed by atoms with van der Waals surface area (Å²) in [7, 11) is 0. The summed E-state index contributed by atoms with van der Waals surface area (Å²) in [5.74, 6) is -0.454. The number of benzene rings is 1. The second-order valence-corrected chi connectivity index (χ2v) is 9.14. The number of esters is 1. The average molecular weight is 474 g/mol. The average Bonchev–Trinajstić information content (AvgIpc) is 3.53.